The molecule has 0 aromatic heterocycles. The quantitative estimate of drug-likeness (QED) is 0.0538. The molecule has 0 bridgehead atoms. The Morgan fingerprint density at radius 1 is 0.507 bits per heavy atom. The van der Waals surface area contributed by atoms with Crippen LogP contribution in [0.15, 0.2) is 0 Å². The van der Waals surface area contributed by atoms with E-state index in [0.29, 0.717) is 0 Å². The predicted octanol–water partition coefficient (Wildman–Crippen LogP) is -12.1. The van der Waals surface area contributed by atoms with Crippen molar-refractivity contribution in [1.82, 2.24) is 10.6 Å². The van der Waals surface area contributed by atoms with Gasteiger partial charge < -0.3 is 145 Å². The van der Waals surface area contributed by atoms with E-state index in [1.165, 1.54) is 13.8 Å². The van der Waals surface area contributed by atoms with Gasteiger partial charge in [0, 0.05) is 13.8 Å². The molecule has 0 saturated carbocycles. The molecule has 5 heterocycles. The minimum atomic E-state index is -2.33. The van der Waals surface area contributed by atoms with Gasteiger partial charge in [0.05, 0.1) is 51.3 Å². The maximum absolute atomic E-state index is 12.5. The molecule has 71 heavy (non-hydrogen) atoms. The van der Waals surface area contributed by atoms with Crippen LogP contribution in [0, 0.1) is 0 Å². The summed E-state index contributed by atoms with van der Waals surface area (Å²) in [7, 11) is 0. The summed E-state index contributed by atoms with van der Waals surface area (Å²) in [6.45, 7) is -0.411. The third kappa shape index (κ3) is 13.6. The van der Waals surface area contributed by atoms with Crippen LogP contribution in [-0.2, 0) is 57.0 Å². The normalized spacial score (nSPS) is 46.1. The zero-order valence-electron chi connectivity index (χ0n) is 38.8. The number of nitrogens with one attached hydrogen (secondary N) is 2. The molecule has 0 radical (unpaired) electrons. The molecule has 0 unspecified atom stereocenters. The molecule has 31 nitrogen and oxygen atoms in total. The third-order valence-corrected chi connectivity index (χ3v) is 12.8. The van der Waals surface area contributed by atoms with E-state index in [4.69, 9.17) is 47.4 Å². The summed E-state index contributed by atoms with van der Waals surface area (Å²) in [5.41, 5.74) is 0. The van der Waals surface area contributed by atoms with Gasteiger partial charge in [0.25, 0.3) is 0 Å². The van der Waals surface area contributed by atoms with E-state index in [0.717, 1.165) is 13.8 Å². The highest BCUT2D eigenvalue weighted by atomic mass is 16.8. The lowest BCUT2D eigenvalue weighted by Crippen LogP contribution is -2.69. The molecule has 414 valence electrons. The van der Waals surface area contributed by atoms with Crippen LogP contribution in [0.25, 0.3) is 0 Å². The number of carbonyl (C=O) groups excluding carboxylic acids is 2. The van der Waals surface area contributed by atoms with E-state index in [9.17, 15) is 96.4 Å². The topological polar surface area (TPSA) is 494 Å². The Hall–Kier alpha value is -2.14. The molecule has 5 rings (SSSR count). The number of aliphatic hydroxyl groups is 17. The summed E-state index contributed by atoms with van der Waals surface area (Å²) in [4.78, 5) is 24.4. The summed E-state index contributed by atoms with van der Waals surface area (Å²) in [5.74, 6) is -1.58. The fraction of sp³-hybridized carbons (Fsp3) is 0.950. The van der Waals surface area contributed by atoms with E-state index < -0.39 is 223 Å². The zero-order chi connectivity index (χ0) is 52.9. The molecule has 5 aliphatic rings. The Balaban J connectivity index is 1.54. The largest absolute Gasteiger partial charge is 0.394 e. The monoisotopic (exact) mass is 1040 g/mol. The van der Waals surface area contributed by atoms with Crippen LogP contribution < -0.4 is 10.6 Å². The summed E-state index contributed by atoms with van der Waals surface area (Å²) in [5, 5.41) is 188. The van der Waals surface area contributed by atoms with Crippen LogP contribution in [0.2, 0.25) is 0 Å². The first kappa shape index (κ1) is 59.7. The molecule has 19 N–H and O–H groups in total. The third-order valence-electron chi connectivity index (χ3n) is 12.8. The van der Waals surface area contributed by atoms with Gasteiger partial charge in [0.1, 0.15) is 128 Å². The second kappa shape index (κ2) is 26.1. The van der Waals surface area contributed by atoms with E-state index >= 15 is 0 Å². The van der Waals surface area contributed by atoms with Gasteiger partial charge in [0.2, 0.25) is 11.8 Å². The van der Waals surface area contributed by atoms with Gasteiger partial charge in [-0.05, 0) is 13.8 Å². The standard InChI is InChI=1S/C40H70N2O29/c1-10-20(50)27(57)30(60)37(63-10)70-34-29(59)24(54)17(7-45)66-39(34)69-33-25(55)18(8-46)67-40(35(33)71-38-31(61)28(58)21(51)11(2)64-38)68-32(14(5-43)41-12(3)47)22(52)15(49)9-62-36-19(42-13(4)48)26(56)23(53)16(6-44)65-36/h10-11,14-40,43-46,49-61H,5-9H2,1-4H3,(H,41,47)(H,42,48)/t10-,11-,14+,15-,16-,17-,18-,19-,20+,21+,22+,23-,24+,25+,26-,27+,28+,29+,30-,31-,32-,33+,34-,35-,36-,37-,38-,39+,40+/m1/s1. The average Bonchev–Trinajstić information content (AvgIpc) is 3.33. The van der Waals surface area contributed by atoms with Crippen molar-refractivity contribution in [3.63, 3.8) is 0 Å². The van der Waals surface area contributed by atoms with Crippen LogP contribution in [0.3, 0.4) is 0 Å². The molecule has 0 aromatic rings. The van der Waals surface area contributed by atoms with Gasteiger partial charge in [-0.1, -0.05) is 0 Å². The van der Waals surface area contributed by atoms with Gasteiger partial charge >= 0.3 is 0 Å². The molecule has 5 aliphatic heterocycles. The van der Waals surface area contributed by atoms with Crippen LogP contribution in [0.5, 0.6) is 0 Å². The van der Waals surface area contributed by atoms with Crippen molar-refractivity contribution in [2.75, 3.05) is 33.0 Å². The van der Waals surface area contributed by atoms with Gasteiger partial charge in [-0.15, -0.1) is 0 Å². The van der Waals surface area contributed by atoms with Crippen molar-refractivity contribution in [3.05, 3.63) is 0 Å². The lowest BCUT2D eigenvalue weighted by molar-refractivity contribution is -0.407. The zero-order valence-corrected chi connectivity index (χ0v) is 38.8. The molecule has 5 fully saturated rings. The highest BCUT2D eigenvalue weighted by molar-refractivity contribution is 5.73. The first-order valence-electron chi connectivity index (χ1n) is 22.7. The minimum Gasteiger partial charge on any atom is -0.394 e. The fourth-order valence-corrected chi connectivity index (χ4v) is 8.66. The number of amides is 2. The Bertz CT molecular complexity index is 1660. The van der Waals surface area contributed by atoms with E-state index in [1.807, 2.05) is 0 Å². The van der Waals surface area contributed by atoms with Crippen LogP contribution in [0.1, 0.15) is 27.7 Å². The Labute approximate surface area is 404 Å². The first-order valence-corrected chi connectivity index (χ1v) is 22.7. The molecule has 2 amide bonds. The summed E-state index contributed by atoms with van der Waals surface area (Å²) >= 11 is 0. The molecular weight excluding hydrogens is 972 g/mol. The van der Waals surface area contributed by atoms with Crippen molar-refractivity contribution < 1.29 is 144 Å². The van der Waals surface area contributed by atoms with Crippen molar-refractivity contribution in [3.8, 4) is 0 Å². The van der Waals surface area contributed by atoms with Gasteiger partial charge in [-0.25, -0.2) is 0 Å². The van der Waals surface area contributed by atoms with E-state index in [1.54, 1.807) is 0 Å². The fourth-order valence-electron chi connectivity index (χ4n) is 8.66. The second-order valence-corrected chi connectivity index (χ2v) is 18.0. The first-order chi connectivity index (χ1) is 33.4. The number of aliphatic hydroxyl groups excluding tert-OH is 17. The molecule has 29 atom stereocenters. The summed E-state index contributed by atoms with van der Waals surface area (Å²) in [6.07, 6.45) is -51.5. The number of hydrogen-bond acceptors (Lipinski definition) is 29. The minimum absolute atomic E-state index is 0.729. The number of rotatable bonds is 20. The van der Waals surface area contributed by atoms with Gasteiger partial charge in [0.15, 0.2) is 31.5 Å². The SMILES string of the molecule is CC(=O)N[C@H]1[C@H](OC[C@@H](O)[C@H](O)[C@H](O[C@@H]2O[C@H](CO)[C@H](O)[C@H](O[C@@H]3O[C@H](CO)[C@H](O)[C@H](O)[C@H]3O[C@H]3O[C@H](C)[C@H](O)[C@H](O)[C@H]3O)[C@H]2O[C@H]2O[C@H](C)[C@H](O)[C@H](O)[C@H]2O)[C@H](CO)NC(C)=O)O[C@H](CO)[C@@H](O)[C@@H]1O. The number of carbonyl (C=O) groups is 2. The average molecular weight is 1040 g/mol. The van der Waals surface area contributed by atoms with E-state index in [-0.39, 0.29) is 0 Å². The summed E-state index contributed by atoms with van der Waals surface area (Å²) < 4.78 is 58.1. The highest BCUT2D eigenvalue weighted by Gasteiger charge is 2.57. The molecule has 0 aromatic carbocycles. The predicted molar refractivity (Wildman–Crippen MR) is 222 cm³/mol. The maximum Gasteiger partial charge on any atom is 0.217 e. The molecular formula is C40H70N2O29. The van der Waals surface area contributed by atoms with Crippen LogP contribution >= 0.6 is 0 Å². The maximum atomic E-state index is 12.5. The Kier molecular flexibility index (Phi) is 21.9. The summed E-state index contributed by atoms with van der Waals surface area (Å²) in [6, 6.07) is -3.25. The van der Waals surface area contributed by atoms with Crippen molar-refractivity contribution in [2.45, 2.75) is 206 Å². The molecule has 0 aliphatic carbocycles. The number of hydrogen-bond donors (Lipinski definition) is 19. The van der Waals surface area contributed by atoms with Crippen molar-refractivity contribution in [2.24, 2.45) is 0 Å². The molecule has 31 heteroatoms. The Morgan fingerprint density at radius 2 is 0.972 bits per heavy atom. The lowest BCUT2D eigenvalue weighted by Gasteiger charge is -2.50. The second-order valence-electron chi connectivity index (χ2n) is 18.0. The van der Waals surface area contributed by atoms with Gasteiger partial charge in [-0.2, -0.15) is 0 Å². The van der Waals surface area contributed by atoms with E-state index in [2.05, 4.69) is 10.6 Å². The van der Waals surface area contributed by atoms with Crippen molar-refractivity contribution >= 4 is 11.8 Å². The molecule has 0 spiro atoms. The number of ether oxygens (including phenoxy) is 10. The lowest BCUT2D eigenvalue weighted by atomic mass is 9.95. The molecule has 5 saturated heterocycles. The van der Waals surface area contributed by atoms with Gasteiger partial charge in [-0.3, -0.25) is 9.59 Å². The Morgan fingerprint density at radius 3 is 1.46 bits per heavy atom. The van der Waals surface area contributed by atoms with Crippen LogP contribution in [0.4, 0.5) is 0 Å². The van der Waals surface area contributed by atoms with Crippen molar-refractivity contribution in [1.29, 1.82) is 0 Å². The smallest absolute Gasteiger partial charge is 0.217 e. The highest BCUT2D eigenvalue weighted by Crippen LogP contribution is 2.37. The van der Waals surface area contributed by atoms with Crippen LogP contribution in [-0.4, -0.2) is 309 Å².